The monoisotopic (exact) mass is 487 g/mol. The second-order valence-electron chi connectivity index (χ2n) is 9.16. The van der Waals surface area contributed by atoms with Crippen LogP contribution in [0.2, 0.25) is 0 Å². The van der Waals surface area contributed by atoms with E-state index in [1.807, 2.05) is 39.0 Å². The molecule has 2 heterocycles. The van der Waals surface area contributed by atoms with Gasteiger partial charge in [-0.1, -0.05) is 32.0 Å². The number of carbonyl (C=O) groups excluding carboxylic acids is 2. The Morgan fingerprint density at radius 2 is 2.00 bits per heavy atom. The zero-order valence-electron chi connectivity index (χ0n) is 19.9. The molecular formula is C25H33N3O5S. The van der Waals surface area contributed by atoms with Crippen LogP contribution in [-0.2, 0) is 19.4 Å². The molecule has 9 heteroatoms. The number of nitrogens with one attached hydrogen (secondary N) is 2. The molecule has 1 aliphatic rings. The number of ether oxygens (including phenoxy) is 1. The van der Waals surface area contributed by atoms with Crippen molar-refractivity contribution >= 4 is 21.7 Å². The van der Waals surface area contributed by atoms with Gasteiger partial charge in [-0.2, -0.15) is 0 Å². The van der Waals surface area contributed by atoms with Gasteiger partial charge in [0.1, 0.15) is 18.4 Å². The van der Waals surface area contributed by atoms with Crippen LogP contribution in [0, 0.1) is 5.92 Å². The Hall–Kier alpha value is -2.94. The summed E-state index contributed by atoms with van der Waals surface area (Å²) in [5.74, 6) is 0.162. The molecule has 0 fully saturated rings. The predicted octanol–water partition coefficient (Wildman–Crippen LogP) is 3.12. The third kappa shape index (κ3) is 7.03. The van der Waals surface area contributed by atoms with E-state index < -0.39 is 15.9 Å². The van der Waals surface area contributed by atoms with Crippen molar-refractivity contribution in [1.82, 2.24) is 15.6 Å². The van der Waals surface area contributed by atoms with Gasteiger partial charge in [-0.05, 0) is 44.2 Å². The maximum atomic E-state index is 12.9. The number of rotatable bonds is 3. The van der Waals surface area contributed by atoms with Crippen molar-refractivity contribution in [3.05, 3.63) is 42.7 Å². The van der Waals surface area contributed by atoms with Gasteiger partial charge in [0, 0.05) is 29.9 Å². The fourth-order valence-corrected chi connectivity index (χ4v) is 5.17. The molecule has 1 aromatic carbocycles. The number of nitrogens with zero attached hydrogens (tertiary/aromatic N) is 1. The van der Waals surface area contributed by atoms with Crippen molar-refractivity contribution < 1.29 is 22.7 Å². The summed E-state index contributed by atoms with van der Waals surface area (Å²) in [5, 5.41) is 5.73. The number of carbonyl (C=O) groups is 2. The van der Waals surface area contributed by atoms with Gasteiger partial charge in [0.25, 0.3) is 0 Å². The molecule has 2 aromatic rings. The van der Waals surface area contributed by atoms with Crippen LogP contribution in [0.15, 0.2) is 47.6 Å². The number of fused-ring (bicyclic) bond motifs is 4. The van der Waals surface area contributed by atoms with E-state index in [0.29, 0.717) is 37.0 Å². The molecule has 0 spiro atoms. The first-order valence-corrected chi connectivity index (χ1v) is 13.3. The van der Waals surface area contributed by atoms with E-state index in [4.69, 9.17) is 4.74 Å². The Morgan fingerprint density at radius 1 is 1.24 bits per heavy atom. The predicted molar refractivity (Wildman–Crippen MR) is 130 cm³/mol. The molecule has 2 bridgehead atoms. The lowest BCUT2D eigenvalue weighted by molar-refractivity contribution is -0.130. The highest BCUT2D eigenvalue weighted by Crippen LogP contribution is 2.31. The van der Waals surface area contributed by atoms with Crippen molar-refractivity contribution in [3.8, 4) is 16.9 Å². The summed E-state index contributed by atoms with van der Waals surface area (Å²) in [4.78, 5) is 29.6. The van der Waals surface area contributed by atoms with E-state index >= 15 is 0 Å². The Kier molecular flexibility index (Phi) is 8.66. The number of para-hydroxylation sites is 1. The SMILES string of the molecule is CC(C)CC(=O)N[C@H]1CCCCS(=O)(=O)c2cncc(c2)-c2ccccc2OC[C@@H](C)NC1=O. The average Bonchev–Trinajstić information content (AvgIpc) is 2.79. The normalized spacial score (nSPS) is 21.1. The summed E-state index contributed by atoms with van der Waals surface area (Å²) in [6, 6.07) is 7.89. The second kappa shape index (κ2) is 11.5. The molecule has 0 aliphatic carbocycles. The van der Waals surface area contributed by atoms with Crippen LogP contribution < -0.4 is 15.4 Å². The van der Waals surface area contributed by atoms with Gasteiger partial charge in [-0.15, -0.1) is 0 Å². The maximum Gasteiger partial charge on any atom is 0.242 e. The summed E-state index contributed by atoms with van der Waals surface area (Å²) < 4.78 is 31.9. The van der Waals surface area contributed by atoms with Gasteiger partial charge >= 0.3 is 0 Å². The quantitative estimate of drug-likeness (QED) is 0.688. The lowest BCUT2D eigenvalue weighted by Gasteiger charge is -2.23. The molecule has 34 heavy (non-hydrogen) atoms. The molecule has 2 N–H and O–H groups in total. The molecule has 2 amide bonds. The summed E-state index contributed by atoms with van der Waals surface area (Å²) in [6.07, 6.45) is 4.47. The highest BCUT2D eigenvalue weighted by Gasteiger charge is 2.24. The van der Waals surface area contributed by atoms with Crippen molar-refractivity contribution in [2.24, 2.45) is 5.92 Å². The van der Waals surface area contributed by atoms with Crippen molar-refractivity contribution in [2.45, 2.75) is 63.4 Å². The smallest absolute Gasteiger partial charge is 0.242 e. The van der Waals surface area contributed by atoms with Crippen LogP contribution >= 0.6 is 0 Å². The minimum absolute atomic E-state index is 0.0685. The van der Waals surface area contributed by atoms with Crippen LogP contribution in [-0.4, -0.2) is 49.7 Å². The molecule has 2 atom stereocenters. The van der Waals surface area contributed by atoms with Gasteiger partial charge < -0.3 is 15.4 Å². The van der Waals surface area contributed by atoms with Gasteiger partial charge in [-0.25, -0.2) is 8.42 Å². The fraction of sp³-hybridized carbons (Fsp3) is 0.480. The first kappa shape index (κ1) is 25.7. The fourth-order valence-electron chi connectivity index (χ4n) is 3.82. The Balaban J connectivity index is 1.88. The average molecular weight is 488 g/mol. The van der Waals surface area contributed by atoms with E-state index in [1.54, 1.807) is 18.3 Å². The number of aromatic nitrogens is 1. The van der Waals surface area contributed by atoms with Crippen LogP contribution in [0.4, 0.5) is 0 Å². The zero-order chi connectivity index (χ0) is 24.7. The molecular weight excluding hydrogens is 454 g/mol. The number of pyridine rings is 1. The minimum atomic E-state index is -3.56. The van der Waals surface area contributed by atoms with Crippen LogP contribution in [0.5, 0.6) is 5.75 Å². The zero-order valence-corrected chi connectivity index (χ0v) is 20.7. The number of hydrogen-bond acceptors (Lipinski definition) is 6. The summed E-state index contributed by atoms with van der Waals surface area (Å²) >= 11 is 0. The molecule has 1 aliphatic heterocycles. The highest BCUT2D eigenvalue weighted by atomic mass is 32.2. The van der Waals surface area contributed by atoms with Crippen LogP contribution in [0.1, 0.15) is 46.5 Å². The number of amides is 2. The lowest BCUT2D eigenvalue weighted by atomic mass is 10.1. The van der Waals surface area contributed by atoms with Gasteiger partial charge in [-0.3, -0.25) is 14.6 Å². The molecule has 1 aromatic heterocycles. The highest BCUT2D eigenvalue weighted by molar-refractivity contribution is 7.91. The largest absolute Gasteiger partial charge is 0.491 e. The summed E-state index contributed by atoms with van der Waals surface area (Å²) in [5.41, 5.74) is 1.37. The maximum absolute atomic E-state index is 12.9. The molecule has 0 saturated carbocycles. The third-order valence-electron chi connectivity index (χ3n) is 5.55. The van der Waals surface area contributed by atoms with Crippen LogP contribution in [0.25, 0.3) is 11.1 Å². The van der Waals surface area contributed by atoms with Gasteiger partial charge in [0.2, 0.25) is 11.8 Å². The molecule has 0 unspecified atom stereocenters. The lowest BCUT2D eigenvalue weighted by Crippen LogP contribution is -2.50. The van der Waals surface area contributed by atoms with E-state index in [-0.39, 0.29) is 41.0 Å². The van der Waals surface area contributed by atoms with Crippen molar-refractivity contribution in [2.75, 3.05) is 12.4 Å². The topological polar surface area (TPSA) is 114 Å². The standard InChI is InChI=1S/C25H33N3O5S/c1-17(2)12-24(29)28-22-9-6-7-11-34(31,32)20-13-19(14-26-15-20)21-8-4-5-10-23(21)33-16-18(3)27-25(22)30/h4-5,8,10,13-15,17-18,22H,6-7,9,11-12,16H2,1-3H3,(H,27,30)(H,28,29)/t18-,22+/m1/s1. The third-order valence-corrected chi connectivity index (χ3v) is 7.32. The summed E-state index contributed by atoms with van der Waals surface area (Å²) in [6.45, 7) is 5.92. The number of benzene rings is 1. The number of hydrogen-bond donors (Lipinski definition) is 2. The molecule has 0 radical (unpaired) electrons. The second-order valence-corrected chi connectivity index (χ2v) is 11.3. The van der Waals surface area contributed by atoms with Crippen molar-refractivity contribution in [1.29, 1.82) is 0 Å². The summed E-state index contributed by atoms with van der Waals surface area (Å²) in [7, 11) is -3.56. The molecule has 3 rings (SSSR count). The van der Waals surface area contributed by atoms with Crippen molar-refractivity contribution in [3.63, 3.8) is 0 Å². The minimum Gasteiger partial charge on any atom is -0.491 e. The number of sulfone groups is 1. The Labute approximate surface area is 201 Å². The van der Waals surface area contributed by atoms with E-state index in [0.717, 1.165) is 5.56 Å². The van der Waals surface area contributed by atoms with E-state index in [9.17, 15) is 18.0 Å². The molecule has 0 saturated heterocycles. The van der Waals surface area contributed by atoms with Crippen LogP contribution in [0.3, 0.4) is 0 Å². The first-order valence-electron chi connectivity index (χ1n) is 11.7. The van der Waals surface area contributed by atoms with E-state index in [2.05, 4.69) is 15.6 Å². The van der Waals surface area contributed by atoms with Gasteiger partial charge in [0.05, 0.1) is 16.7 Å². The Morgan fingerprint density at radius 3 is 2.76 bits per heavy atom. The van der Waals surface area contributed by atoms with E-state index in [1.165, 1.54) is 6.20 Å². The first-order chi connectivity index (χ1) is 16.2. The van der Waals surface area contributed by atoms with Gasteiger partial charge in [0.15, 0.2) is 9.84 Å². The Bertz CT molecular complexity index is 1120. The molecule has 184 valence electrons. The molecule has 8 nitrogen and oxygen atoms in total.